The van der Waals surface area contributed by atoms with E-state index < -0.39 is 57.4 Å². The molecule has 0 unspecified atom stereocenters. The molecule has 0 aliphatic carbocycles. The molecule has 0 fully saturated rings. The van der Waals surface area contributed by atoms with Crippen molar-refractivity contribution in [1.29, 1.82) is 0 Å². The lowest BCUT2D eigenvalue weighted by Crippen LogP contribution is -2.28. The minimum atomic E-state index is -5.08. The van der Waals surface area contributed by atoms with E-state index in [2.05, 4.69) is 0 Å². The van der Waals surface area contributed by atoms with Gasteiger partial charge in [0.1, 0.15) is 18.2 Å². The quantitative estimate of drug-likeness (QED) is 0.551. The maximum Gasteiger partial charge on any atom is 0.419 e. The standard InChI is InChI=1S/C16H12F7NO3S/c17-14-5-4-12(9-13(14)16(21,22)23)28(25,26)24-6-7-27-11-3-1-2-10(8-11)15(18,19)20/h1-5,8-9,24H,6-7H2. The smallest absolute Gasteiger partial charge is 0.419 e. The van der Waals surface area contributed by atoms with Gasteiger partial charge in [0.05, 0.1) is 16.0 Å². The first-order chi connectivity index (χ1) is 12.8. The third kappa shape index (κ3) is 5.58. The number of ether oxygens (including phenoxy) is 1. The van der Waals surface area contributed by atoms with Crippen molar-refractivity contribution in [2.75, 3.05) is 13.2 Å². The summed E-state index contributed by atoms with van der Waals surface area (Å²) in [4.78, 5) is -0.819. The van der Waals surface area contributed by atoms with Crippen LogP contribution in [-0.4, -0.2) is 21.6 Å². The highest BCUT2D eigenvalue weighted by molar-refractivity contribution is 7.89. The van der Waals surface area contributed by atoms with Crippen molar-refractivity contribution < 1.29 is 43.9 Å². The van der Waals surface area contributed by atoms with E-state index in [1.54, 1.807) is 0 Å². The van der Waals surface area contributed by atoms with E-state index >= 15 is 0 Å². The fraction of sp³-hybridized carbons (Fsp3) is 0.250. The van der Waals surface area contributed by atoms with Crippen LogP contribution in [0.1, 0.15) is 11.1 Å². The Balaban J connectivity index is 2.01. The Morgan fingerprint density at radius 2 is 1.61 bits per heavy atom. The van der Waals surface area contributed by atoms with Gasteiger partial charge in [0.25, 0.3) is 0 Å². The maximum atomic E-state index is 13.2. The van der Waals surface area contributed by atoms with Gasteiger partial charge in [0, 0.05) is 6.54 Å². The zero-order valence-electron chi connectivity index (χ0n) is 13.7. The lowest BCUT2D eigenvalue weighted by atomic mass is 10.2. The van der Waals surface area contributed by atoms with Crippen LogP contribution in [0, 0.1) is 5.82 Å². The van der Waals surface area contributed by atoms with Crippen LogP contribution < -0.4 is 9.46 Å². The molecule has 0 saturated carbocycles. The molecule has 28 heavy (non-hydrogen) atoms. The van der Waals surface area contributed by atoms with E-state index in [0.29, 0.717) is 18.2 Å². The number of hydrogen-bond acceptors (Lipinski definition) is 3. The third-order valence-corrected chi connectivity index (χ3v) is 4.84. The molecular formula is C16H12F7NO3S. The molecule has 0 saturated heterocycles. The zero-order valence-corrected chi connectivity index (χ0v) is 14.6. The van der Waals surface area contributed by atoms with Gasteiger partial charge in [-0.05, 0) is 36.4 Å². The Kier molecular flexibility index (Phi) is 6.24. The van der Waals surface area contributed by atoms with Crippen LogP contribution in [0.15, 0.2) is 47.4 Å². The highest BCUT2D eigenvalue weighted by Crippen LogP contribution is 2.33. The Bertz CT molecular complexity index is 940. The summed E-state index contributed by atoms with van der Waals surface area (Å²) < 4.78 is 120. The predicted molar refractivity (Wildman–Crippen MR) is 83.5 cm³/mol. The Morgan fingerprint density at radius 1 is 0.929 bits per heavy atom. The van der Waals surface area contributed by atoms with E-state index in [1.165, 1.54) is 6.07 Å². The second-order valence-electron chi connectivity index (χ2n) is 5.41. The van der Waals surface area contributed by atoms with E-state index in [1.807, 2.05) is 4.72 Å². The largest absolute Gasteiger partial charge is 0.492 e. The van der Waals surface area contributed by atoms with Crippen molar-refractivity contribution in [2.45, 2.75) is 17.2 Å². The molecule has 0 spiro atoms. The number of hydrogen-bond donors (Lipinski definition) is 1. The van der Waals surface area contributed by atoms with Crippen LogP contribution in [0.4, 0.5) is 30.7 Å². The van der Waals surface area contributed by atoms with Crippen LogP contribution in [0.2, 0.25) is 0 Å². The van der Waals surface area contributed by atoms with Crippen molar-refractivity contribution in [3.8, 4) is 5.75 Å². The molecule has 0 aliphatic rings. The number of nitrogens with one attached hydrogen (secondary N) is 1. The molecular weight excluding hydrogens is 419 g/mol. The zero-order chi connectivity index (χ0) is 21.2. The summed E-state index contributed by atoms with van der Waals surface area (Å²) in [5.74, 6) is -1.80. The van der Waals surface area contributed by atoms with Gasteiger partial charge in [-0.3, -0.25) is 0 Å². The van der Waals surface area contributed by atoms with E-state index in [4.69, 9.17) is 4.74 Å². The summed E-state index contributed by atoms with van der Waals surface area (Å²) in [6.07, 6.45) is -9.66. The van der Waals surface area contributed by atoms with Gasteiger partial charge in [-0.25, -0.2) is 17.5 Å². The average Bonchev–Trinajstić information content (AvgIpc) is 2.57. The highest BCUT2D eigenvalue weighted by Gasteiger charge is 2.35. The summed E-state index contributed by atoms with van der Waals surface area (Å²) in [6.45, 7) is -0.842. The first-order valence-corrected chi connectivity index (χ1v) is 8.95. The summed E-state index contributed by atoms with van der Waals surface area (Å²) in [7, 11) is -4.42. The average molecular weight is 431 g/mol. The minimum Gasteiger partial charge on any atom is -0.492 e. The highest BCUT2D eigenvalue weighted by atomic mass is 32.2. The first-order valence-electron chi connectivity index (χ1n) is 7.47. The normalized spacial score (nSPS) is 12.8. The molecule has 0 heterocycles. The van der Waals surface area contributed by atoms with E-state index in [0.717, 1.165) is 12.1 Å². The van der Waals surface area contributed by atoms with Gasteiger partial charge in [-0.15, -0.1) is 0 Å². The fourth-order valence-electron chi connectivity index (χ4n) is 2.08. The van der Waals surface area contributed by atoms with Crippen molar-refractivity contribution in [1.82, 2.24) is 4.72 Å². The molecule has 12 heteroatoms. The van der Waals surface area contributed by atoms with E-state index in [-0.39, 0.29) is 11.8 Å². The van der Waals surface area contributed by atoms with Gasteiger partial charge >= 0.3 is 12.4 Å². The molecule has 0 radical (unpaired) electrons. The Labute approximate surface area is 155 Å². The number of rotatable bonds is 6. The molecule has 154 valence electrons. The summed E-state index contributed by atoms with van der Waals surface area (Å²) in [5, 5.41) is 0. The summed E-state index contributed by atoms with van der Waals surface area (Å²) in [5.41, 5.74) is -2.70. The van der Waals surface area contributed by atoms with Crippen molar-refractivity contribution in [3.05, 3.63) is 59.4 Å². The van der Waals surface area contributed by atoms with Gasteiger partial charge < -0.3 is 4.74 Å². The van der Waals surface area contributed by atoms with Crippen LogP contribution in [0.3, 0.4) is 0 Å². The second kappa shape index (κ2) is 7.95. The number of alkyl halides is 6. The van der Waals surface area contributed by atoms with Crippen LogP contribution >= 0.6 is 0 Å². The van der Waals surface area contributed by atoms with Crippen molar-refractivity contribution in [3.63, 3.8) is 0 Å². The monoisotopic (exact) mass is 431 g/mol. The molecule has 0 amide bonds. The van der Waals surface area contributed by atoms with Crippen LogP contribution in [0.5, 0.6) is 5.75 Å². The molecule has 0 aromatic heterocycles. The fourth-order valence-corrected chi connectivity index (χ4v) is 3.12. The van der Waals surface area contributed by atoms with E-state index in [9.17, 15) is 39.2 Å². The second-order valence-corrected chi connectivity index (χ2v) is 7.18. The lowest BCUT2D eigenvalue weighted by Gasteiger charge is -2.12. The Hall–Kier alpha value is -2.34. The van der Waals surface area contributed by atoms with Crippen LogP contribution in [-0.2, 0) is 22.4 Å². The molecule has 2 rings (SSSR count). The first kappa shape index (κ1) is 22.0. The van der Waals surface area contributed by atoms with Gasteiger partial charge in [0.15, 0.2) is 0 Å². The topological polar surface area (TPSA) is 55.4 Å². The van der Waals surface area contributed by atoms with Gasteiger partial charge in [0.2, 0.25) is 10.0 Å². The van der Waals surface area contributed by atoms with Crippen LogP contribution in [0.25, 0.3) is 0 Å². The SMILES string of the molecule is O=S(=O)(NCCOc1cccc(C(F)(F)F)c1)c1ccc(F)c(C(F)(F)F)c1. The van der Waals surface area contributed by atoms with Gasteiger partial charge in [-0.1, -0.05) is 6.07 Å². The predicted octanol–water partition coefficient (Wildman–Crippen LogP) is 4.22. The number of benzene rings is 2. The summed E-state index contributed by atoms with van der Waals surface area (Å²) >= 11 is 0. The van der Waals surface area contributed by atoms with Crippen molar-refractivity contribution >= 4 is 10.0 Å². The molecule has 2 aromatic rings. The molecule has 2 aromatic carbocycles. The molecule has 4 nitrogen and oxygen atoms in total. The summed E-state index contributed by atoms with van der Waals surface area (Å²) in [6, 6.07) is 5.02. The van der Waals surface area contributed by atoms with Gasteiger partial charge in [-0.2, -0.15) is 26.3 Å². The number of sulfonamides is 1. The minimum absolute atomic E-state index is 0.144. The molecule has 0 bridgehead atoms. The molecule has 0 aliphatic heterocycles. The maximum absolute atomic E-state index is 13.2. The number of halogens is 7. The lowest BCUT2D eigenvalue weighted by molar-refractivity contribution is -0.140. The molecule has 0 atom stereocenters. The third-order valence-electron chi connectivity index (χ3n) is 3.38. The van der Waals surface area contributed by atoms with Crippen molar-refractivity contribution in [2.24, 2.45) is 0 Å². The molecule has 1 N–H and O–H groups in total. The Morgan fingerprint density at radius 3 is 2.21 bits per heavy atom.